The predicted molar refractivity (Wildman–Crippen MR) is 208 cm³/mol. The van der Waals surface area contributed by atoms with Crippen molar-refractivity contribution in [3.63, 3.8) is 0 Å². The van der Waals surface area contributed by atoms with Gasteiger partial charge in [0.15, 0.2) is 0 Å². The van der Waals surface area contributed by atoms with Crippen molar-refractivity contribution in [1.29, 1.82) is 0 Å². The quantitative estimate of drug-likeness (QED) is 0.191. The summed E-state index contributed by atoms with van der Waals surface area (Å²) in [4.78, 5) is 2.40. The van der Waals surface area contributed by atoms with Crippen LogP contribution >= 0.6 is 0 Å². The summed E-state index contributed by atoms with van der Waals surface area (Å²) in [6, 6.07) is 60.2. The molecule has 0 amide bonds. The van der Waals surface area contributed by atoms with Gasteiger partial charge in [0.05, 0.1) is 38.8 Å². The first-order chi connectivity index (χ1) is 24.3. The van der Waals surface area contributed by atoms with Crippen LogP contribution in [0.25, 0.3) is 87.0 Å². The van der Waals surface area contributed by atoms with E-state index in [1.165, 1.54) is 87.0 Å². The van der Waals surface area contributed by atoms with Gasteiger partial charge in [0.2, 0.25) is 0 Å². The fraction of sp³-hybridized carbons (Fsp3) is 0. The number of fused-ring (bicyclic) bond motifs is 14. The fourth-order valence-corrected chi connectivity index (χ4v) is 9.00. The number of rotatable bonds is 3. The van der Waals surface area contributed by atoms with Crippen molar-refractivity contribution >= 4 is 104 Å². The molecule has 8 aromatic carbocycles. The molecule has 3 heteroatoms. The second kappa shape index (κ2) is 9.06. The zero-order chi connectivity index (χ0) is 31.8. The molecule has 0 aliphatic heterocycles. The van der Waals surface area contributed by atoms with E-state index in [2.05, 4.69) is 177 Å². The van der Waals surface area contributed by atoms with E-state index in [4.69, 9.17) is 0 Å². The SMILES string of the molecule is c1ccc(N(c2ccccc2)c2cccc3c4cccc5c6c7c8cccc9c%10cc%11ccccc%11cc%10n(c7ccc6n(c23)c45)c98)cc1. The standard InChI is InChI=1S/C46H27N3/c1-3-14-30(15-4-1)47(31-16-5-2-6-17-31)40-23-11-20-33-32-18-9-22-36-43-39(49(45(32)36)46(33)40)25-24-38-42(43)35-21-10-19-34-37-26-28-12-7-8-13-29(28)27-41(37)48(38)44(34)35/h1-27H. The molecule has 0 aliphatic carbocycles. The lowest BCUT2D eigenvalue weighted by Gasteiger charge is -2.26. The highest BCUT2D eigenvalue weighted by atomic mass is 15.2. The summed E-state index contributed by atoms with van der Waals surface area (Å²) in [6.07, 6.45) is 0. The summed E-state index contributed by atoms with van der Waals surface area (Å²) in [5.41, 5.74) is 11.0. The van der Waals surface area contributed by atoms with Gasteiger partial charge in [-0.1, -0.05) is 109 Å². The van der Waals surface area contributed by atoms with E-state index in [9.17, 15) is 0 Å². The molecule has 12 aromatic rings. The van der Waals surface area contributed by atoms with Crippen molar-refractivity contribution in [2.75, 3.05) is 4.90 Å². The number of para-hydroxylation sites is 5. The molecule has 12 rings (SSSR count). The Hall–Kier alpha value is -6.58. The number of anilines is 3. The molecule has 0 saturated carbocycles. The third-order valence-corrected chi connectivity index (χ3v) is 10.9. The minimum absolute atomic E-state index is 1.14. The molecular weight excluding hydrogens is 595 g/mol. The highest BCUT2D eigenvalue weighted by Crippen LogP contribution is 2.49. The summed E-state index contributed by atoms with van der Waals surface area (Å²) in [7, 11) is 0. The molecule has 3 nitrogen and oxygen atoms in total. The third kappa shape index (κ3) is 3.13. The molecule has 0 bridgehead atoms. The van der Waals surface area contributed by atoms with Gasteiger partial charge in [-0.25, -0.2) is 0 Å². The fourth-order valence-electron chi connectivity index (χ4n) is 9.00. The van der Waals surface area contributed by atoms with Crippen molar-refractivity contribution in [3.05, 3.63) is 164 Å². The Morgan fingerprint density at radius 2 is 0.816 bits per heavy atom. The average Bonchev–Trinajstić information content (AvgIpc) is 3.88. The Morgan fingerprint density at radius 3 is 1.47 bits per heavy atom. The van der Waals surface area contributed by atoms with Gasteiger partial charge in [0.1, 0.15) is 0 Å². The van der Waals surface area contributed by atoms with Gasteiger partial charge in [0, 0.05) is 54.5 Å². The van der Waals surface area contributed by atoms with Gasteiger partial charge in [-0.05, 0) is 65.4 Å². The van der Waals surface area contributed by atoms with E-state index < -0.39 is 0 Å². The second-order valence-electron chi connectivity index (χ2n) is 13.3. The van der Waals surface area contributed by atoms with Crippen LogP contribution in [0.15, 0.2) is 164 Å². The van der Waals surface area contributed by atoms with E-state index >= 15 is 0 Å². The molecule has 4 aromatic heterocycles. The summed E-state index contributed by atoms with van der Waals surface area (Å²) < 4.78 is 5.06. The molecular formula is C46H27N3. The van der Waals surface area contributed by atoms with Gasteiger partial charge in [0.25, 0.3) is 0 Å². The minimum atomic E-state index is 1.14. The van der Waals surface area contributed by atoms with Crippen LogP contribution in [0.1, 0.15) is 0 Å². The van der Waals surface area contributed by atoms with E-state index in [0.717, 1.165) is 17.1 Å². The van der Waals surface area contributed by atoms with Crippen molar-refractivity contribution < 1.29 is 0 Å². The first kappa shape index (κ1) is 25.5. The predicted octanol–water partition coefficient (Wildman–Crippen LogP) is 12.6. The van der Waals surface area contributed by atoms with Crippen LogP contribution < -0.4 is 4.90 Å². The van der Waals surface area contributed by atoms with Gasteiger partial charge >= 0.3 is 0 Å². The Morgan fingerprint density at radius 1 is 0.327 bits per heavy atom. The molecule has 4 heterocycles. The summed E-state index contributed by atoms with van der Waals surface area (Å²) in [5, 5.41) is 13.0. The van der Waals surface area contributed by atoms with Crippen molar-refractivity contribution in [3.8, 4) is 0 Å². The number of nitrogens with zero attached hydrogens (tertiary/aromatic N) is 3. The third-order valence-electron chi connectivity index (χ3n) is 10.9. The smallest absolute Gasteiger partial charge is 0.0782 e. The van der Waals surface area contributed by atoms with Crippen LogP contribution in [0, 0.1) is 0 Å². The zero-order valence-electron chi connectivity index (χ0n) is 26.4. The number of aromatic nitrogens is 2. The Kier molecular flexibility index (Phi) is 4.72. The van der Waals surface area contributed by atoms with Crippen molar-refractivity contribution in [2.24, 2.45) is 0 Å². The van der Waals surface area contributed by atoms with E-state index in [1.807, 2.05) is 0 Å². The van der Waals surface area contributed by atoms with Gasteiger partial charge in [-0.15, -0.1) is 0 Å². The van der Waals surface area contributed by atoms with Crippen LogP contribution in [-0.4, -0.2) is 8.80 Å². The number of benzene rings is 8. The van der Waals surface area contributed by atoms with E-state index in [-0.39, 0.29) is 0 Å². The van der Waals surface area contributed by atoms with Gasteiger partial charge < -0.3 is 13.7 Å². The molecule has 0 unspecified atom stereocenters. The topological polar surface area (TPSA) is 12.1 Å². The molecule has 0 spiro atoms. The maximum Gasteiger partial charge on any atom is 0.0782 e. The maximum atomic E-state index is 2.54. The number of hydrogen-bond donors (Lipinski definition) is 0. The van der Waals surface area contributed by atoms with Crippen LogP contribution in [0.3, 0.4) is 0 Å². The second-order valence-corrected chi connectivity index (χ2v) is 13.3. The lowest BCUT2D eigenvalue weighted by molar-refractivity contribution is 1.27. The largest absolute Gasteiger partial charge is 0.308 e. The number of hydrogen-bond acceptors (Lipinski definition) is 1. The van der Waals surface area contributed by atoms with Crippen molar-refractivity contribution in [1.82, 2.24) is 8.80 Å². The minimum Gasteiger partial charge on any atom is -0.308 e. The molecule has 226 valence electrons. The van der Waals surface area contributed by atoms with Crippen LogP contribution in [-0.2, 0) is 0 Å². The summed E-state index contributed by atoms with van der Waals surface area (Å²) in [5.74, 6) is 0. The molecule has 0 saturated heterocycles. The highest BCUT2D eigenvalue weighted by molar-refractivity contribution is 6.36. The highest BCUT2D eigenvalue weighted by Gasteiger charge is 2.26. The van der Waals surface area contributed by atoms with Crippen molar-refractivity contribution in [2.45, 2.75) is 0 Å². The molecule has 0 aliphatic rings. The van der Waals surface area contributed by atoms with Crippen LogP contribution in [0.5, 0.6) is 0 Å². The first-order valence-electron chi connectivity index (χ1n) is 17.0. The Labute approximate surface area is 280 Å². The zero-order valence-corrected chi connectivity index (χ0v) is 26.4. The van der Waals surface area contributed by atoms with Crippen LogP contribution in [0.2, 0.25) is 0 Å². The van der Waals surface area contributed by atoms with E-state index in [0.29, 0.717) is 0 Å². The van der Waals surface area contributed by atoms with Gasteiger partial charge in [-0.3, -0.25) is 0 Å². The Bertz CT molecular complexity index is 3220. The molecule has 0 atom stereocenters. The van der Waals surface area contributed by atoms with Crippen LogP contribution in [0.4, 0.5) is 17.1 Å². The maximum absolute atomic E-state index is 2.54. The first-order valence-corrected chi connectivity index (χ1v) is 17.0. The molecule has 0 fully saturated rings. The Balaban J connectivity index is 1.27. The lowest BCUT2D eigenvalue weighted by atomic mass is 10.0. The van der Waals surface area contributed by atoms with Gasteiger partial charge in [-0.2, -0.15) is 0 Å². The average molecular weight is 622 g/mol. The summed E-state index contributed by atoms with van der Waals surface area (Å²) >= 11 is 0. The molecule has 0 N–H and O–H groups in total. The lowest BCUT2D eigenvalue weighted by Crippen LogP contribution is -2.10. The molecule has 0 radical (unpaired) electrons. The molecule has 49 heavy (non-hydrogen) atoms. The normalized spacial score (nSPS) is 12.5. The monoisotopic (exact) mass is 621 g/mol. The van der Waals surface area contributed by atoms with E-state index in [1.54, 1.807) is 0 Å². The summed E-state index contributed by atoms with van der Waals surface area (Å²) in [6.45, 7) is 0.